The van der Waals surface area contributed by atoms with Crippen molar-refractivity contribution in [1.82, 2.24) is 10.6 Å². The number of hydrogen-bond acceptors (Lipinski definition) is 9. The van der Waals surface area contributed by atoms with Crippen LogP contribution in [0, 0.1) is 23.7 Å². The summed E-state index contributed by atoms with van der Waals surface area (Å²) in [6.45, 7) is 10.3. The molecule has 39 heavy (non-hydrogen) atoms. The maximum absolute atomic E-state index is 13.0. The van der Waals surface area contributed by atoms with Gasteiger partial charge >= 0.3 is 0 Å². The summed E-state index contributed by atoms with van der Waals surface area (Å²) in [6, 6.07) is 8.40. The van der Waals surface area contributed by atoms with Gasteiger partial charge in [-0.3, -0.25) is 29.8 Å². The Balaban J connectivity index is 2.25. The van der Waals surface area contributed by atoms with Gasteiger partial charge in [0.15, 0.2) is 0 Å². The van der Waals surface area contributed by atoms with Crippen molar-refractivity contribution in [3.63, 3.8) is 0 Å². The van der Waals surface area contributed by atoms with Crippen LogP contribution < -0.4 is 20.5 Å². The molecule has 4 amide bonds. The highest BCUT2D eigenvalue weighted by Gasteiger charge is 2.38. The fourth-order valence-corrected chi connectivity index (χ4v) is 3.98. The molecule has 0 unspecified atom stereocenters. The van der Waals surface area contributed by atoms with Crippen LogP contribution in [0.1, 0.15) is 41.5 Å². The van der Waals surface area contributed by atoms with E-state index in [2.05, 4.69) is 5.32 Å². The van der Waals surface area contributed by atoms with Gasteiger partial charge < -0.3 is 20.1 Å². The zero-order valence-electron chi connectivity index (χ0n) is 22.9. The van der Waals surface area contributed by atoms with Crippen LogP contribution in [0.5, 0.6) is 5.75 Å². The van der Waals surface area contributed by atoms with E-state index in [-0.39, 0.29) is 17.6 Å². The summed E-state index contributed by atoms with van der Waals surface area (Å²) in [7, 11) is 0. The smallest absolute Gasteiger partial charge is 0.270 e. The quantitative estimate of drug-likeness (QED) is 0.303. The molecule has 0 aliphatic rings. The van der Waals surface area contributed by atoms with Gasteiger partial charge in [-0.05, 0) is 58.0 Å². The number of thiophene rings is 1. The highest BCUT2D eigenvalue weighted by molar-refractivity contribution is 7.08. The fraction of sp³-hybridized carbons (Fsp3) is 0.500. The number of carbonyl (C=O) groups is 4. The Labute approximate surface area is 232 Å². The average Bonchev–Trinajstić information content (AvgIpc) is 3.44. The maximum Gasteiger partial charge on any atom is 0.270 e. The first kappa shape index (κ1) is 32.1. The Hall–Kier alpha value is -3.12. The van der Waals surface area contributed by atoms with Crippen molar-refractivity contribution in [2.75, 3.05) is 0 Å². The summed E-state index contributed by atoms with van der Waals surface area (Å²) in [5.41, 5.74) is 1.83. The summed E-state index contributed by atoms with van der Waals surface area (Å²) in [5, 5.41) is 41.9. The molecule has 0 spiro atoms. The number of hydrogen-bond donors (Lipinski definition) is 4. The minimum atomic E-state index is -2.52. The van der Waals surface area contributed by atoms with Crippen molar-refractivity contribution in [3.8, 4) is 16.9 Å². The van der Waals surface area contributed by atoms with Crippen LogP contribution in [-0.2, 0) is 19.2 Å². The topological polar surface area (TPSA) is 165 Å². The number of benzene rings is 1. The molecule has 2 aromatic rings. The van der Waals surface area contributed by atoms with E-state index in [9.17, 15) is 34.5 Å². The van der Waals surface area contributed by atoms with Gasteiger partial charge in [-0.1, -0.05) is 53.7 Å². The van der Waals surface area contributed by atoms with E-state index in [4.69, 9.17) is 4.74 Å². The van der Waals surface area contributed by atoms with Gasteiger partial charge in [0.25, 0.3) is 5.91 Å². The van der Waals surface area contributed by atoms with E-state index in [0.29, 0.717) is 0 Å². The van der Waals surface area contributed by atoms with Crippen LogP contribution in [0.25, 0.3) is 11.1 Å². The lowest BCUT2D eigenvalue weighted by molar-refractivity contribution is -0.426. The Morgan fingerprint density at radius 2 is 1.26 bits per heavy atom. The summed E-state index contributed by atoms with van der Waals surface area (Å²) in [4.78, 5) is 50.1. The summed E-state index contributed by atoms with van der Waals surface area (Å²) < 4.78 is 5.64. The van der Waals surface area contributed by atoms with Crippen LogP contribution in [0.15, 0.2) is 41.1 Å². The molecule has 11 heteroatoms. The zero-order valence-corrected chi connectivity index (χ0v) is 23.7. The van der Waals surface area contributed by atoms with Crippen molar-refractivity contribution in [2.24, 2.45) is 23.7 Å². The lowest BCUT2D eigenvalue weighted by Gasteiger charge is -2.34. The first-order valence-corrected chi connectivity index (χ1v) is 13.7. The molecule has 0 saturated carbocycles. The lowest BCUT2D eigenvalue weighted by atomic mass is 9.96. The zero-order chi connectivity index (χ0) is 29.4. The molecule has 0 radical (unpaired) electrons. The molecule has 0 bridgehead atoms. The van der Waals surface area contributed by atoms with E-state index in [0.717, 1.165) is 11.1 Å². The van der Waals surface area contributed by atoms with Gasteiger partial charge in [0, 0.05) is 11.8 Å². The third-order valence-corrected chi connectivity index (χ3v) is 7.46. The first-order valence-electron chi connectivity index (χ1n) is 12.7. The molecular formula is C28H37N2O8S-. The van der Waals surface area contributed by atoms with E-state index in [1.165, 1.54) is 23.5 Å². The molecule has 0 aliphatic carbocycles. The number of nitrogens with one attached hydrogen (secondary N) is 2. The Kier molecular flexibility index (Phi) is 11.8. The van der Waals surface area contributed by atoms with Gasteiger partial charge in [0.1, 0.15) is 11.9 Å². The number of aliphatic hydroxyl groups excluding tert-OH is 2. The van der Waals surface area contributed by atoms with Crippen LogP contribution in [0.2, 0.25) is 0 Å². The van der Waals surface area contributed by atoms with Crippen molar-refractivity contribution in [3.05, 3.63) is 41.1 Å². The summed E-state index contributed by atoms with van der Waals surface area (Å²) >= 11 is 1.52. The predicted octanol–water partition coefficient (Wildman–Crippen LogP) is 1.48. The Morgan fingerprint density at radius 1 is 0.744 bits per heavy atom. The van der Waals surface area contributed by atoms with Crippen LogP contribution in [0.4, 0.5) is 0 Å². The van der Waals surface area contributed by atoms with E-state index < -0.39 is 59.9 Å². The second kappa shape index (κ2) is 14.3. The summed E-state index contributed by atoms with van der Waals surface area (Å²) in [6.07, 6.45) is -9.00. The number of amides is 4. The number of ether oxygens (including phenoxy) is 1. The monoisotopic (exact) mass is 561 g/mol. The SMILES string of the molecule is CC(C)[C@H](C)C(=O)NC(=O)[C@H]([O-])[C@H](O)[C@@H](O)[C@@H](Oc1ccc(-c2ccsc2)cc1)C(=O)NC(=O)[C@@H](C)C(C)C. The van der Waals surface area contributed by atoms with Gasteiger partial charge in [-0.25, -0.2) is 0 Å². The van der Waals surface area contributed by atoms with Crippen LogP contribution in [0.3, 0.4) is 0 Å². The fourth-order valence-electron chi connectivity index (χ4n) is 3.31. The second-order valence-corrected chi connectivity index (χ2v) is 11.0. The Morgan fingerprint density at radius 3 is 1.72 bits per heavy atom. The van der Waals surface area contributed by atoms with Gasteiger partial charge in [0.2, 0.25) is 23.8 Å². The molecule has 6 atom stereocenters. The lowest BCUT2D eigenvalue weighted by Crippen LogP contribution is -2.61. The third-order valence-electron chi connectivity index (χ3n) is 6.78. The van der Waals surface area contributed by atoms with Crippen LogP contribution >= 0.6 is 11.3 Å². The van der Waals surface area contributed by atoms with Crippen molar-refractivity contribution in [1.29, 1.82) is 0 Å². The normalized spacial score (nSPS) is 16.1. The molecule has 4 N–H and O–H groups in total. The largest absolute Gasteiger partial charge is 0.843 e. The van der Waals surface area contributed by atoms with E-state index in [1.807, 2.05) is 22.1 Å². The third kappa shape index (κ3) is 8.69. The standard InChI is InChI=1S/C28H37N2O8S/c1-14(2)16(5)25(34)29-27(36)23(33)21(31)22(32)24(28(37)30-26(35)17(6)15(3)4)38-20-9-7-18(8-10-20)19-11-12-39-13-19/h7-17,21-24,31-32H,1-6H3,(H,29,34,36)(H,30,35,37)/q-1/t16-,17-,21+,22+,23+,24+/m0/s1. The Bertz CT molecular complexity index is 1120. The van der Waals surface area contributed by atoms with Crippen LogP contribution in [-0.4, -0.2) is 58.3 Å². The molecule has 0 fully saturated rings. The molecule has 0 aliphatic heterocycles. The predicted molar refractivity (Wildman–Crippen MR) is 144 cm³/mol. The molecule has 1 aromatic heterocycles. The number of imide groups is 2. The molecule has 1 heterocycles. The second-order valence-electron chi connectivity index (χ2n) is 10.2. The van der Waals surface area contributed by atoms with Crippen molar-refractivity contribution < 1.29 is 39.2 Å². The van der Waals surface area contributed by atoms with E-state index >= 15 is 0 Å². The van der Waals surface area contributed by atoms with Crippen molar-refractivity contribution >= 4 is 35.0 Å². The van der Waals surface area contributed by atoms with Crippen molar-refractivity contribution in [2.45, 2.75) is 66.0 Å². The maximum atomic E-state index is 13.0. The minimum Gasteiger partial charge on any atom is -0.843 e. The first-order chi connectivity index (χ1) is 18.2. The number of carbonyl (C=O) groups excluding carboxylic acids is 4. The van der Waals surface area contributed by atoms with Gasteiger partial charge in [0.05, 0.1) is 6.10 Å². The van der Waals surface area contributed by atoms with Gasteiger partial charge in [-0.2, -0.15) is 11.3 Å². The highest BCUT2D eigenvalue weighted by Crippen LogP contribution is 2.25. The average molecular weight is 562 g/mol. The molecule has 2 rings (SSSR count). The molecule has 10 nitrogen and oxygen atoms in total. The molecule has 214 valence electrons. The molecule has 1 aromatic carbocycles. The highest BCUT2D eigenvalue weighted by atomic mass is 32.1. The minimum absolute atomic E-state index is 0.0992. The van der Waals surface area contributed by atoms with Gasteiger partial charge in [-0.15, -0.1) is 0 Å². The number of aliphatic hydroxyl groups is 2. The number of rotatable bonds is 12. The summed E-state index contributed by atoms with van der Waals surface area (Å²) in [5.74, 6) is -5.05. The van der Waals surface area contributed by atoms with E-state index in [1.54, 1.807) is 53.7 Å². The molecule has 0 saturated heterocycles. The molecular weight excluding hydrogens is 524 g/mol.